The highest BCUT2D eigenvalue weighted by molar-refractivity contribution is 6.03. The Labute approximate surface area is 285 Å². The number of aryl methyl sites for hydroxylation is 2. The highest BCUT2D eigenvalue weighted by Crippen LogP contribution is 2.59. The SMILES string of the molecule is C=CC1(CC)[n+]2ccc3c(CCCC)ccc4c3c2-c2c(ccc(F)c2C4(C)C)C1(CC)Cn1nc(C(F)(F)F)cc1-c1cccc[n+]1C. The van der Waals surface area contributed by atoms with Crippen molar-refractivity contribution >= 4 is 10.8 Å². The van der Waals surface area contributed by atoms with E-state index in [0.717, 1.165) is 53.1 Å². The summed E-state index contributed by atoms with van der Waals surface area (Å²) in [5.41, 5.74) is 3.43. The van der Waals surface area contributed by atoms with E-state index in [4.69, 9.17) is 0 Å². The van der Waals surface area contributed by atoms with Gasteiger partial charge in [0.25, 0.3) is 0 Å². The maximum absolute atomic E-state index is 16.5. The first-order valence-corrected chi connectivity index (χ1v) is 17.4. The lowest BCUT2D eigenvalue weighted by molar-refractivity contribution is -0.756. The normalized spacial score (nSPS) is 20.5. The number of allylic oxidation sites excluding steroid dienone is 1. The maximum Gasteiger partial charge on any atom is 0.435 e. The minimum atomic E-state index is -4.63. The van der Waals surface area contributed by atoms with Gasteiger partial charge in [-0.05, 0) is 59.5 Å². The minimum absolute atomic E-state index is 0.121. The molecular formula is C41H44F4N4+2. The van der Waals surface area contributed by atoms with Crippen molar-refractivity contribution in [2.24, 2.45) is 7.05 Å². The van der Waals surface area contributed by atoms with Crippen LogP contribution in [0.3, 0.4) is 0 Å². The van der Waals surface area contributed by atoms with Crippen molar-refractivity contribution < 1.29 is 26.7 Å². The van der Waals surface area contributed by atoms with Gasteiger partial charge in [0.2, 0.25) is 11.4 Å². The number of hydrogen-bond acceptors (Lipinski definition) is 1. The van der Waals surface area contributed by atoms with Gasteiger partial charge in [0, 0.05) is 41.7 Å². The van der Waals surface area contributed by atoms with E-state index in [1.165, 1.54) is 15.6 Å². The van der Waals surface area contributed by atoms with Crippen molar-refractivity contribution in [2.45, 2.75) is 95.8 Å². The van der Waals surface area contributed by atoms with E-state index in [1.807, 2.05) is 48.2 Å². The Kier molecular flexibility index (Phi) is 7.69. The second-order valence-electron chi connectivity index (χ2n) is 14.4. The lowest BCUT2D eigenvalue weighted by Crippen LogP contribution is -2.70. The molecule has 0 amide bonds. The molecule has 254 valence electrons. The van der Waals surface area contributed by atoms with E-state index >= 15 is 4.39 Å². The molecule has 7 rings (SSSR count). The number of aromatic nitrogens is 4. The van der Waals surface area contributed by atoms with E-state index < -0.39 is 28.2 Å². The smallest absolute Gasteiger partial charge is 0.257 e. The molecule has 1 aliphatic carbocycles. The van der Waals surface area contributed by atoms with Crippen LogP contribution in [0.25, 0.3) is 33.4 Å². The van der Waals surface area contributed by atoms with Crippen LogP contribution in [-0.2, 0) is 42.6 Å². The Balaban J connectivity index is 1.60. The minimum Gasteiger partial charge on any atom is -0.257 e. The van der Waals surface area contributed by atoms with Crippen molar-refractivity contribution in [3.63, 3.8) is 0 Å². The van der Waals surface area contributed by atoms with Crippen LogP contribution < -0.4 is 9.13 Å². The van der Waals surface area contributed by atoms with Crippen LogP contribution in [0.1, 0.15) is 88.2 Å². The largest absolute Gasteiger partial charge is 0.435 e. The van der Waals surface area contributed by atoms with Crippen LogP contribution in [0.5, 0.6) is 0 Å². The Hall–Kier alpha value is -4.33. The number of pyridine rings is 2. The van der Waals surface area contributed by atoms with Gasteiger partial charge in [-0.15, -0.1) is 0 Å². The molecule has 3 aromatic heterocycles. The summed E-state index contributed by atoms with van der Waals surface area (Å²) >= 11 is 0. The molecule has 1 aliphatic heterocycles. The topological polar surface area (TPSA) is 25.6 Å². The second kappa shape index (κ2) is 11.4. The molecule has 0 fully saturated rings. The monoisotopic (exact) mass is 668 g/mol. The van der Waals surface area contributed by atoms with Crippen molar-refractivity contribution in [1.82, 2.24) is 9.78 Å². The van der Waals surface area contributed by atoms with Gasteiger partial charge in [-0.2, -0.15) is 27.4 Å². The van der Waals surface area contributed by atoms with Crippen LogP contribution >= 0.6 is 0 Å². The summed E-state index contributed by atoms with van der Waals surface area (Å²) in [5.74, 6) is -0.281. The maximum atomic E-state index is 16.5. The Morgan fingerprint density at radius 2 is 1.71 bits per heavy atom. The van der Waals surface area contributed by atoms with E-state index in [1.54, 1.807) is 6.07 Å². The van der Waals surface area contributed by atoms with Gasteiger partial charge in [-0.3, -0.25) is 4.68 Å². The average Bonchev–Trinajstić information content (AvgIpc) is 3.50. The lowest BCUT2D eigenvalue weighted by Gasteiger charge is -2.50. The number of benzene rings is 2. The molecule has 2 unspecified atom stereocenters. The number of unbranched alkanes of at least 4 members (excludes halogenated alkanes) is 1. The van der Waals surface area contributed by atoms with Gasteiger partial charge >= 0.3 is 6.18 Å². The molecule has 2 aliphatic rings. The predicted molar refractivity (Wildman–Crippen MR) is 185 cm³/mol. The van der Waals surface area contributed by atoms with Crippen LogP contribution in [0, 0.1) is 5.82 Å². The van der Waals surface area contributed by atoms with Crippen LogP contribution in [0.2, 0.25) is 0 Å². The summed E-state index contributed by atoms with van der Waals surface area (Å²) in [4.78, 5) is 0. The molecule has 8 heteroatoms. The molecule has 0 radical (unpaired) electrons. The van der Waals surface area contributed by atoms with Gasteiger partial charge in [0.05, 0.1) is 22.9 Å². The van der Waals surface area contributed by atoms with Gasteiger partial charge < -0.3 is 0 Å². The standard InChI is InChI=1S/C41H44F4N4/c1-8-12-15-26-17-18-28-34-27(26)21-23-48-37(34)35-29(19-20-30(42)36(35)38(28,5)6)39(9-2,40(48,10-3)11-4)25-49-32(24-33(46-49)41(43,44)45)31-16-13-14-22-47(31)7/h10,13-14,16-24H,3,8-9,11-12,15,25H2,1-2,4-7H3/q+2. The van der Waals surface area contributed by atoms with Crippen molar-refractivity contribution in [2.75, 3.05) is 0 Å². The lowest BCUT2D eigenvalue weighted by atomic mass is 9.55. The highest BCUT2D eigenvalue weighted by atomic mass is 19.4. The van der Waals surface area contributed by atoms with Gasteiger partial charge in [0.1, 0.15) is 18.6 Å². The molecule has 0 N–H and O–H groups in total. The number of halogens is 4. The molecule has 0 bridgehead atoms. The molecule has 2 atom stereocenters. The number of rotatable bonds is 9. The van der Waals surface area contributed by atoms with Crippen molar-refractivity contribution in [3.8, 4) is 22.6 Å². The van der Waals surface area contributed by atoms with Crippen molar-refractivity contribution in [1.29, 1.82) is 0 Å². The summed E-state index contributed by atoms with van der Waals surface area (Å²) in [7, 11) is 1.82. The Bertz CT molecular complexity index is 2140. The summed E-state index contributed by atoms with van der Waals surface area (Å²) in [5, 5.41) is 6.58. The second-order valence-corrected chi connectivity index (χ2v) is 14.4. The van der Waals surface area contributed by atoms with E-state index in [0.29, 0.717) is 29.8 Å². The molecular weight excluding hydrogens is 624 g/mol. The first kappa shape index (κ1) is 33.2. The number of nitrogens with zero attached hydrogens (tertiary/aromatic N) is 4. The van der Waals surface area contributed by atoms with E-state index in [9.17, 15) is 13.2 Å². The fourth-order valence-electron chi connectivity index (χ4n) is 9.27. The molecule has 2 aromatic carbocycles. The fraction of sp³-hybridized carbons (Fsp3) is 0.390. The van der Waals surface area contributed by atoms with Crippen LogP contribution in [0.15, 0.2) is 79.6 Å². The highest BCUT2D eigenvalue weighted by Gasteiger charge is 2.63. The van der Waals surface area contributed by atoms with Gasteiger partial charge in [-0.25, -0.2) is 4.39 Å². The molecule has 49 heavy (non-hydrogen) atoms. The Morgan fingerprint density at radius 3 is 2.37 bits per heavy atom. The molecule has 4 heterocycles. The van der Waals surface area contributed by atoms with Crippen LogP contribution in [-0.4, -0.2) is 9.78 Å². The van der Waals surface area contributed by atoms with Gasteiger partial charge in [0.15, 0.2) is 23.6 Å². The molecule has 0 saturated heterocycles. The Morgan fingerprint density at radius 1 is 0.959 bits per heavy atom. The zero-order valence-electron chi connectivity index (χ0n) is 29.2. The summed E-state index contributed by atoms with van der Waals surface area (Å²) < 4.78 is 65.2. The molecule has 5 aromatic rings. The van der Waals surface area contributed by atoms with Crippen LogP contribution in [0.4, 0.5) is 17.6 Å². The first-order chi connectivity index (χ1) is 23.3. The number of alkyl halides is 3. The predicted octanol–water partition coefficient (Wildman–Crippen LogP) is 9.28. The molecule has 4 nitrogen and oxygen atoms in total. The zero-order valence-corrected chi connectivity index (χ0v) is 29.2. The summed E-state index contributed by atoms with van der Waals surface area (Å²) in [6.07, 6.45) is 5.51. The van der Waals surface area contributed by atoms with E-state index in [-0.39, 0.29) is 12.4 Å². The third kappa shape index (κ3) is 4.44. The third-order valence-corrected chi connectivity index (χ3v) is 11.8. The zero-order chi connectivity index (χ0) is 35.1. The third-order valence-electron chi connectivity index (χ3n) is 11.8. The summed E-state index contributed by atoms with van der Waals surface area (Å²) in [6, 6.07) is 16.6. The molecule has 0 spiro atoms. The first-order valence-electron chi connectivity index (χ1n) is 17.4. The summed E-state index contributed by atoms with van der Waals surface area (Å²) in [6.45, 7) is 15.1. The molecule has 0 saturated carbocycles. The number of hydrogen-bond donors (Lipinski definition) is 0. The average molecular weight is 669 g/mol. The van der Waals surface area contributed by atoms with Crippen molar-refractivity contribution in [3.05, 3.63) is 113 Å². The fourth-order valence-corrected chi connectivity index (χ4v) is 9.27. The van der Waals surface area contributed by atoms with E-state index in [2.05, 4.69) is 75.3 Å². The van der Waals surface area contributed by atoms with Gasteiger partial charge in [-0.1, -0.05) is 65.8 Å². The quantitative estimate of drug-likeness (QED) is 0.0874.